The number of furan rings is 1. The summed E-state index contributed by atoms with van der Waals surface area (Å²) in [5, 5.41) is 9.47. The Morgan fingerprint density at radius 2 is 0.881 bits per heavy atom. The summed E-state index contributed by atoms with van der Waals surface area (Å²) in [7, 11) is 0. The van der Waals surface area contributed by atoms with Crippen LogP contribution in [-0.2, 0) is 0 Å². The number of fused-ring (bicyclic) bond motifs is 13. The summed E-state index contributed by atoms with van der Waals surface area (Å²) >= 11 is 1.85. The molecule has 0 fully saturated rings. The van der Waals surface area contributed by atoms with E-state index in [1.54, 1.807) is 0 Å². The number of hydrogen-bond acceptors (Lipinski definition) is 2. The molecule has 9 aromatic carbocycles. The smallest absolute Gasteiger partial charge is 0.135 e. The average Bonchev–Trinajstić information content (AvgIpc) is 3.96. The maximum absolute atomic E-state index is 6.56. The van der Waals surface area contributed by atoms with E-state index >= 15 is 0 Å². The van der Waals surface area contributed by atoms with E-state index in [-0.39, 0.29) is 0 Å². The first-order valence-electron chi connectivity index (χ1n) is 20.0. The molecule has 13 rings (SSSR count). The lowest BCUT2D eigenvalue weighted by Crippen LogP contribution is -1.98. The zero-order valence-corrected chi connectivity index (χ0v) is 32.5. The Kier molecular flexibility index (Phi) is 6.85. The van der Waals surface area contributed by atoms with Crippen LogP contribution in [0.2, 0.25) is 0 Å². The maximum atomic E-state index is 6.56. The van der Waals surface area contributed by atoms with E-state index in [1.165, 1.54) is 42.0 Å². The van der Waals surface area contributed by atoms with Gasteiger partial charge < -0.3 is 18.1 Å². The van der Waals surface area contributed by atoms with Crippen LogP contribution in [0.15, 0.2) is 205 Å². The number of nitrogens with zero attached hydrogens (tertiary/aromatic N) is 3. The Labute approximate surface area is 341 Å². The summed E-state index contributed by atoms with van der Waals surface area (Å²) in [6.07, 6.45) is 0. The number of aromatic nitrogens is 3. The number of benzene rings is 9. The molecule has 276 valence electrons. The van der Waals surface area contributed by atoms with Crippen LogP contribution in [0.4, 0.5) is 0 Å². The van der Waals surface area contributed by atoms with E-state index in [4.69, 9.17) is 4.42 Å². The topological polar surface area (TPSA) is 27.9 Å². The number of para-hydroxylation sites is 2. The molecule has 13 aromatic rings. The van der Waals surface area contributed by atoms with Crippen molar-refractivity contribution in [2.75, 3.05) is 0 Å². The van der Waals surface area contributed by atoms with Crippen LogP contribution in [-0.4, -0.2) is 13.7 Å². The zero-order valence-electron chi connectivity index (χ0n) is 31.7. The first kappa shape index (κ1) is 32.5. The molecule has 0 aliphatic rings. The second-order valence-corrected chi connectivity index (χ2v) is 16.5. The van der Waals surface area contributed by atoms with Crippen molar-refractivity contribution in [1.82, 2.24) is 13.7 Å². The third-order valence-corrected chi connectivity index (χ3v) is 13.2. The molecule has 0 radical (unpaired) electrons. The summed E-state index contributed by atoms with van der Waals surface area (Å²) in [6.45, 7) is 0. The van der Waals surface area contributed by atoms with E-state index in [9.17, 15) is 0 Å². The van der Waals surface area contributed by atoms with E-state index < -0.39 is 0 Å². The monoisotopic (exact) mass is 771 g/mol. The van der Waals surface area contributed by atoms with Gasteiger partial charge in [-0.15, -0.1) is 11.3 Å². The minimum Gasteiger partial charge on any atom is -0.456 e. The molecule has 0 amide bonds. The van der Waals surface area contributed by atoms with Crippen LogP contribution in [0, 0.1) is 0 Å². The van der Waals surface area contributed by atoms with Crippen molar-refractivity contribution in [2.45, 2.75) is 0 Å². The molecule has 59 heavy (non-hydrogen) atoms. The molecule has 4 heterocycles. The van der Waals surface area contributed by atoms with Crippen molar-refractivity contribution in [2.24, 2.45) is 0 Å². The van der Waals surface area contributed by atoms with Crippen molar-refractivity contribution in [3.63, 3.8) is 0 Å². The van der Waals surface area contributed by atoms with Crippen molar-refractivity contribution in [1.29, 1.82) is 0 Å². The van der Waals surface area contributed by atoms with Crippen molar-refractivity contribution < 1.29 is 4.42 Å². The fourth-order valence-electron chi connectivity index (χ4n) is 9.38. The standard InChI is InChI=1S/C54H33N3OS/c1-2-12-36(13-3-1)57-49-18-6-4-16-43(49)46-30-39(21-25-50(46)57)55-37-14-8-10-34(28-37)35-11-9-15-38(29-35)56(42-20-24-45-44-17-5-7-19-53(44)59-54(45)33-42)41-23-27-52-48(32-41)47-31-40(55)22-26-51(47)58-52/h1-33H. The van der Waals surface area contributed by atoms with E-state index in [0.717, 1.165) is 71.8 Å². The van der Waals surface area contributed by atoms with Gasteiger partial charge in [-0.1, -0.05) is 84.9 Å². The van der Waals surface area contributed by atoms with Gasteiger partial charge in [-0.25, -0.2) is 0 Å². The third kappa shape index (κ3) is 4.95. The van der Waals surface area contributed by atoms with Crippen LogP contribution >= 0.6 is 11.3 Å². The third-order valence-electron chi connectivity index (χ3n) is 12.0. The van der Waals surface area contributed by atoms with Crippen LogP contribution in [0.25, 0.3) is 114 Å². The Balaban J connectivity index is 1.13. The molecular weight excluding hydrogens is 739 g/mol. The van der Waals surface area contributed by atoms with Crippen LogP contribution in [0.3, 0.4) is 0 Å². The molecule has 4 aromatic heterocycles. The van der Waals surface area contributed by atoms with Crippen molar-refractivity contribution >= 4 is 108 Å². The largest absolute Gasteiger partial charge is 0.456 e. The van der Waals surface area contributed by atoms with Gasteiger partial charge in [-0.05, 0) is 126 Å². The van der Waals surface area contributed by atoms with E-state index in [1.807, 2.05) is 11.3 Å². The fraction of sp³-hybridized carbons (Fsp3) is 0. The lowest BCUT2D eigenvalue weighted by atomic mass is 10.1. The van der Waals surface area contributed by atoms with Crippen LogP contribution in [0.5, 0.6) is 0 Å². The van der Waals surface area contributed by atoms with Gasteiger partial charge in [0.15, 0.2) is 0 Å². The molecule has 8 bridgehead atoms. The lowest BCUT2D eigenvalue weighted by Gasteiger charge is -2.14. The van der Waals surface area contributed by atoms with Gasteiger partial charge in [0, 0.05) is 80.8 Å². The van der Waals surface area contributed by atoms with Crippen LogP contribution in [0.1, 0.15) is 0 Å². The molecule has 0 spiro atoms. The molecule has 5 heteroatoms. The fourth-order valence-corrected chi connectivity index (χ4v) is 10.5. The summed E-state index contributed by atoms with van der Waals surface area (Å²) in [4.78, 5) is 0. The van der Waals surface area contributed by atoms with Gasteiger partial charge in [0.05, 0.1) is 11.0 Å². The van der Waals surface area contributed by atoms with Crippen molar-refractivity contribution in [3.05, 3.63) is 200 Å². The first-order valence-corrected chi connectivity index (χ1v) is 20.8. The highest BCUT2D eigenvalue weighted by Crippen LogP contribution is 2.38. The van der Waals surface area contributed by atoms with Gasteiger partial charge in [-0.3, -0.25) is 0 Å². The predicted octanol–water partition coefficient (Wildman–Crippen LogP) is 15.2. The van der Waals surface area contributed by atoms with Crippen molar-refractivity contribution in [3.8, 4) is 17.1 Å². The zero-order chi connectivity index (χ0) is 38.6. The highest BCUT2D eigenvalue weighted by molar-refractivity contribution is 7.25. The first-order chi connectivity index (χ1) is 29.2. The average molecular weight is 772 g/mol. The molecule has 0 saturated carbocycles. The quantitative estimate of drug-likeness (QED) is 0.176. The second kappa shape index (κ2) is 12.4. The molecule has 0 saturated heterocycles. The minimum absolute atomic E-state index is 0.864. The van der Waals surface area contributed by atoms with Gasteiger partial charge in [0.25, 0.3) is 0 Å². The van der Waals surface area contributed by atoms with E-state index in [2.05, 4.69) is 214 Å². The Morgan fingerprint density at radius 3 is 1.61 bits per heavy atom. The van der Waals surface area contributed by atoms with Gasteiger partial charge in [0.2, 0.25) is 0 Å². The number of rotatable bonds is 3. The maximum Gasteiger partial charge on any atom is 0.135 e. The van der Waals surface area contributed by atoms with E-state index in [0.29, 0.717) is 0 Å². The summed E-state index contributed by atoms with van der Waals surface area (Å²) in [5.41, 5.74) is 11.8. The van der Waals surface area contributed by atoms with Gasteiger partial charge >= 0.3 is 0 Å². The second-order valence-electron chi connectivity index (χ2n) is 15.4. The molecule has 0 aliphatic carbocycles. The molecule has 0 unspecified atom stereocenters. The molecule has 4 nitrogen and oxygen atoms in total. The number of hydrogen-bond donors (Lipinski definition) is 0. The van der Waals surface area contributed by atoms with Crippen LogP contribution < -0.4 is 0 Å². The molecular formula is C54H33N3OS. The highest BCUT2D eigenvalue weighted by Gasteiger charge is 2.16. The Hall–Kier alpha value is -7.60. The predicted molar refractivity (Wildman–Crippen MR) is 250 cm³/mol. The highest BCUT2D eigenvalue weighted by atomic mass is 32.1. The van der Waals surface area contributed by atoms with Gasteiger partial charge in [0.1, 0.15) is 11.2 Å². The summed E-state index contributed by atoms with van der Waals surface area (Å²) in [5.74, 6) is 0. The summed E-state index contributed by atoms with van der Waals surface area (Å²) < 4.78 is 16.3. The Bertz CT molecular complexity index is 3910. The molecule has 0 atom stereocenters. The lowest BCUT2D eigenvalue weighted by molar-refractivity contribution is 0.669. The number of thiophene rings is 1. The Morgan fingerprint density at radius 1 is 0.305 bits per heavy atom. The minimum atomic E-state index is 0.864. The SMILES string of the molecule is c1ccc(-n2c3ccccc3c3cc(-n4c5cccc(c5)c5cccc(c5)n(-c5ccc6c(c5)sc5ccccc56)c5ccc6oc7ccc4cc7c6c5)ccc32)cc1. The molecule has 0 aliphatic heterocycles. The summed E-state index contributed by atoms with van der Waals surface area (Å²) in [6, 6.07) is 73.0. The normalized spacial score (nSPS) is 12.1. The van der Waals surface area contributed by atoms with Gasteiger partial charge in [-0.2, -0.15) is 0 Å². The molecule has 0 N–H and O–H groups in total.